The number of rotatable bonds is 5. The summed E-state index contributed by atoms with van der Waals surface area (Å²) in [6, 6.07) is 10.7. The lowest BCUT2D eigenvalue weighted by Crippen LogP contribution is -2.18. The Kier molecular flexibility index (Phi) is 4.22. The van der Waals surface area contributed by atoms with E-state index < -0.39 is 26.0 Å². The minimum absolute atomic E-state index is 0.0939. The third-order valence-electron chi connectivity index (χ3n) is 3.52. The van der Waals surface area contributed by atoms with Gasteiger partial charge in [-0.15, -0.1) is 0 Å². The zero-order chi connectivity index (χ0) is 19.1. The van der Waals surface area contributed by atoms with E-state index in [-0.39, 0.29) is 26.8 Å². The fraction of sp³-hybridized carbons (Fsp3) is 0. The zero-order valence-electron chi connectivity index (χ0n) is 13.0. The number of hydrogen-bond acceptors (Lipinski definition) is 6. The topological polar surface area (TPSA) is 163 Å². The van der Waals surface area contributed by atoms with Crippen LogP contribution in [0.25, 0.3) is 11.0 Å². The first-order valence-electron chi connectivity index (χ1n) is 7.06. The molecule has 1 heterocycles. The highest BCUT2D eigenvalue weighted by Gasteiger charge is 2.24. The number of primary sulfonamides is 1. The Bertz CT molecular complexity index is 1210. The second kappa shape index (κ2) is 6.12. The van der Waals surface area contributed by atoms with Crippen molar-refractivity contribution in [2.24, 2.45) is 10.9 Å². The number of furan rings is 1. The van der Waals surface area contributed by atoms with E-state index in [0.717, 1.165) is 24.3 Å². The largest absolute Gasteiger partial charge is 0.449 e. The number of nitrogens with two attached hydrogens (primary N) is 2. The van der Waals surface area contributed by atoms with E-state index in [1.807, 2.05) is 0 Å². The molecule has 3 aromatic rings. The van der Waals surface area contributed by atoms with Crippen molar-refractivity contribution in [3.8, 4) is 0 Å². The van der Waals surface area contributed by atoms with E-state index in [0.29, 0.717) is 5.39 Å². The molecule has 5 N–H and O–H groups in total. The van der Waals surface area contributed by atoms with Gasteiger partial charge >= 0.3 is 0 Å². The molecule has 1 amide bonds. The Morgan fingerprint density at radius 2 is 1.50 bits per heavy atom. The average molecular weight is 395 g/mol. The van der Waals surface area contributed by atoms with Gasteiger partial charge in [0.05, 0.1) is 9.79 Å². The van der Waals surface area contributed by atoms with E-state index in [1.54, 1.807) is 24.3 Å². The number of para-hydroxylation sites is 1. The van der Waals surface area contributed by atoms with Gasteiger partial charge in [0, 0.05) is 5.39 Å². The average Bonchev–Trinajstić information content (AvgIpc) is 2.93. The summed E-state index contributed by atoms with van der Waals surface area (Å²) in [4.78, 5) is 11.1. The Balaban J connectivity index is 2.07. The Morgan fingerprint density at radius 1 is 0.923 bits per heavy atom. The number of hydrogen-bond donors (Lipinski definition) is 3. The van der Waals surface area contributed by atoms with E-state index in [9.17, 15) is 21.6 Å². The molecule has 26 heavy (non-hydrogen) atoms. The van der Waals surface area contributed by atoms with Crippen LogP contribution in [-0.2, 0) is 20.0 Å². The predicted molar refractivity (Wildman–Crippen MR) is 93.4 cm³/mol. The van der Waals surface area contributed by atoms with Gasteiger partial charge in [0.15, 0.2) is 0 Å². The lowest BCUT2D eigenvalue weighted by atomic mass is 10.2. The van der Waals surface area contributed by atoms with Crippen molar-refractivity contribution in [3.05, 3.63) is 54.3 Å². The van der Waals surface area contributed by atoms with Gasteiger partial charge in [-0.3, -0.25) is 9.52 Å². The molecule has 0 radical (unpaired) electrons. The third kappa shape index (κ3) is 3.27. The number of fused-ring (bicyclic) bond motifs is 1. The van der Waals surface area contributed by atoms with Crippen molar-refractivity contribution < 1.29 is 26.0 Å². The maximum atomic E-state index is 12.6. The lowest BCUT2D eigenvalue weighted by molar-refractivity contribution is 0.0977. The van der Waals surface area contributed by atoms with Crippen molar-refractivity contribution >= 4 is 42.6 Å². The van der Waals surface area contributed by atoms with E-state index in [1.165, 1.54) is 0 Å². The summed E-state index contributed by atoms with van der Waals surface area (Å²) >= 11 is 0. The minimum atomic E-state index is -4.15. The first-order valence-corrected chi connectivity index (χ1v) is 10.1. The molecule has 0 unspecified atom stereocenters. The molecular weight excluding hydrogens is 382 g/mol. The SMILES string of the molecule is NC(=O)c1oc2ccccc2c1NS(=O)(=O)c1ccc(S(N)(=O)=O)cc1. The molecule has 0 fully saturated rings. The molecule has 0 spiro atoms. The first-order chi connectivity index (χ1) is 12.1. The monoisotopic (exact) mass is 395 g/mol. The normalized spacial score (nSPS) is 12.2. The van der Waals surface area contributed by atoms with Crippen molar-refractivity contribution in [2.45, 2.75) is 9.79 Å². The number of primary amides is 1. The van der Waals surface area contributed by atoms with Crippen LogP contribution in [0.1, 0.15) is 10.6 Å². The fourth-order valence-electron chi connectivity index (χ4n) is 2.32. The number of carbonyl (C=O) groups excluding carboxylic acids is 1. The standard InChI is InChI=1S/C15H13N3O6S2/c16-15(19)14-13(11-3-1-2-4-12(11)24-14)18-26(22,23)10-7-5-9(6-8-10)25(17,20)21/h1-8,18H,(H2,16,19)(H2,17,20,21). The van der Waals surface area contributed by atoms with Crippen molar-refractivity contribution in [1.82, 2.24) is 0 Å². The number of sulfonamides is 2. The molecule has 136 valence electrons. The Morgan fingerprint density at radius 3 is 2.08 bits per heavy atom. The highest BCUT2D eigenvalue weighted by Crippen LogP contribution is 2.32. The summed E-state index contributed by atoms with van der Waals surface area (Å²) in [5.41, 5.74) is 5.44. The number of carbonyl (C=O) groups is 1. The molecule has 0 aliphatic rings. The zero-order valence-corrected chi connectivity index (χ0v) is 14.7. The Hall–Kier alpha value is -2.89. The van der Waals surface area contributed by atoms with Gasteiger partial charge in [0.1, 0.15) is 11.3 Å². The number of amides is 1. The summed E-state index contributed by atoms with van der Waals surface area (Å²) in [6.07, 6.45) is 0. The van der Waals surface area contributed by atoms with E-state index >= 15 is 0 Å². The van der Waals surface area contributed by atoms with Gasteiger partial charge in [-0.25, -0.2) is 22.0 Å². The van der Waals surface area contributed by atoms with Crippen molar-refractivity contribution in [3.63, 3.8) is 0 Å². The van der Waals surface area contributed by atoms with Gasteiger partial charge < -0.3 is 10.2 Å². The van der Waals surface area contributed by atoms with Gasteiger partial charge in [-0.05, 0) is 36.4 Å². The minimum Gasteiger partial charge on any atom is -0.449 e. The van der Waals surface area contributed by atoms with Gasteiger partial charge in [0.25, 0.3) is 15.9 Å². The quantitative estimate of drug-likeness (QED) is 0.583. The summed E-state index contributed by atoms with van der Waals surface area (Å²) in [7, 11) is -8.10. The molecule has 0 atom stereocenters. The van der Waals surface area contributed by atoms with Gasteiger partial charge in [-0.2, -0.15) is 0 Å². The third-order valence-corrected chi connectivity index (χ3v) is 5.81. The molecule has 0 aliphatic heterocycles. The molecule has 2 aromatic carbocycles. The van der Waals surface area contributed by atoms with Gasteiger partial charge in [0.2, 0.25) is 15.8 Å². The molecular formula is C15H13N3O6S2. The van der Waals surface area contributed by atoms with Crippen LogP contribution in [0.15, 0.2) is 62.7 Å². The highest BCUT2D eigenvalue weighted by molar-refractivity contribution is 7.92. The number of anilines is 1. The fourth-order valence-corrected chi connectivity index (χ4v) is 3.92. The van der Waals surface area contributed by atoms with Gasteiger partial charge in [-0.1, -0.05) is 12.1 Å². The van der Waals surface area contributed by atoms with Crippen LogP contribution < -0.4 is 15.6 Å². The molecule has 0 aliphatic carbocycles. The van der Waals surface area contributed by atoms with Crippen LogP contribution in [0.5, 0.6) is 0 Å². The molecule has 3 rings (SSSR count). The molecule has 0 saturated heterocycles. The maximum Gasteiger partial charge on any atom is 0.286 e. The summed E-state index contributed by atoms with van der Waals surface area (Å²) in [5, 5.41) is 5.34. The van der Waals surface area contributed by atoms with Crippen LogP contribution in [0, 0.1) is 0 Å². The maximum absolute atomic E-state index is 12.6. The second-order valence-corrected chi connectivity index (χ2v) is 8.53. The Labute approximate surface area is 148 Å². The van der Waals surface area contributed by atoms with Crippen molar-refractivity contribution in [1.29, 1.82) is 0 Å². The number of benzene rings is 2. The molecule has 0 bridgehead atoms. The summed E-state index contributed by atoms with van der Waals surface area (Å²) in [6.45, 7) is 0. The van der Waals surface area contributed by atoms with Crippen LogP contribution >= 0.6 is 0 Å². The number of nitrogens with one attached hydrogen (secondary N) is 1. The van der Waals surface area contributed by atoms with Crippen LogP contribution in [0.4, 0.5) is 5.69 Å². The first kappa shape index (κ1) is 17.9. The molecule has 11 heteroatoms. The van der Waals surface area contributed by atoms with Crippen LogP contribution in [-0.4, -0.2) is 22.7 Å². The van der Waals surface area contributed by atoms with E-state index in [4.69, 9.17) is 15.3 Å². The molecule has 0 saturated carbocycles. The summed E-state index contributed by atoms with van der Waals surface area (Å²) in [5.74, 6) is -1.28. The lowest BCUT2D eigenvalue weighted by Gasteiger charge is -2.08. The van der Waals surface area contributed by atoms with Crippen LogP contribution in [0.2, 0.25) is 0 Å². The second-order valence-electron chi connectivity index (χ2n) is 5.29. The smallest absolute Gasteiger partial charge is 0.286 e. The molecule has 1 aromatic heterocycles. The summed E-state index contributed by atoms with van der Waals surface area (Å²) < 4.78 is 55.3. The predicted octanol–water partition coefficient (Wildman–Crippen LogP) is 0.980. The van der Waals surface area contributed by atoms with Crippen molar-refractivity contribution in [2.75, 3.05) is 4.72 Å². The highest BCUT2D eigenvalue weighted by atomic mass is 32.2. The molecule has 9 nitrogen and oxygen atoms in total. The van der Waals surface area contributed by atoms with E-state index in [2.05, 4.69) is 4.72 Å². The van der Waals surface area contributed by atoms with Crippen LogP contribution in [0.3, 0.4) is 0 Å².